The summed E-state index contributed by atoms with van der Waals surface area (Å²) in [6, 6.07) is 12.9. The van der Waals surface area contributed by atoms with Gasteiger partial charge in [-0.2, -0.15) is 0 Å². The van der Waals surface area contributed by atoms with Gasteiger partial charge in [0.15, 0.2) is 0 Å². The number of hydrogen-bond donors (Lipinski definition) is 2. The lowest BCUT2D eigenvalue weighted by Gasteiger charge is -2.07. The van der Waals surface area contributed by atoms with Gasteiger partial charge in [0, 0.05) is 22.3 Å². The third-order valence-electron chi connectivity index (χ3n) is 4.09. The molecule has 0 fully saturated rings. The maximum Gasteiger partial charge on any atom is 0.264 e. The lowest BCUT2D eigenvalue weighted by Crippen LogP contribution is -2.13. The van der Waals surface area contributed by atoms with Gasteiger partial charge in [-0.25, -0.2) is 13.1 Å². The third kappa shape index (κ3) is 5.24. The van der Waals surface area contributed by atoms with E-state index in [4.69, 9.17) is 16.1 Å². The van der Waals surface area contributed by atoms with E-state index < -0.39 is 10.0 Å². The first-order valence-corrected chi connectivity index (χ1v) is 10.4. The quantitative estimate of drug-likeness (QED) is 0.563. The average molecular weight is 432 g/mol. The Labute approximate surface area is 173 Å². The van der Waals surface area contributed by atoms with Crippen LogP contribution in [0.5, 0.6) is 0 Å². The van der Waals surface area contributed by atoms with Crippen LogP contribution in [0.3, 0.4) is 0 Å². The molecular weight excluding hydrogens is 414 g/mol. The number of amides is 1. The van der Waals surface area contributed by atoms with Crippen LogP contribution in [0.25, 0.3) is 6.08 Å². The van der Waals surface area contributed by atoms with Crippen molar-refractivity contribution in [2.24, 2.45) is 0 Å². The van der Waals surface area contributed by atoms with E-state index in [1.807, 2.05) is 6.07 Å². The highest BCUT2D eigenvalue weighted by atomic mass is 35.5. The highest BCUT2D eigenvalue weighted by Crippen LogP contribution is 2.22. The number of benzene rings is 2. The number of aromatic nitrogens is 1. The van der Waals surface area contributed by atoms with Crippen molar-refractivity contribution in [1.82, 2.24) is 5.16 Å². The molecule has 2 aromatic carbocycles. The van der Waals surface area contributed by atoms with Crippen molar-refractivity contribution in [2.75, 3.05) is 10.0 Å². The van der Waals surface area contributed by atoms with Crippen molar-refractivity contribution < 1.29 is 17.7 Å². The predicted octanol–water partition coefficient (Wildman–Crippen LogP) is 4.40. The molecule has 0 spiro atoms. The number of sulfonamides is 1. The van der Waals surface area contributed by atoms with Crippen LogP contribution in [-0.2, 0) is 14.8 Å². The minimum atomic E-state index is -3.84. The van der Waals surface area contributed by atoms with Gasteiger partial charge in [0.2, 0.25) is 11.8 Å². The number of aryl methyl sites for hydroxylation is 1. The maximum atomic E-state index is 12.5. The molecule has 0 bridgehead atoms. The topological polar surface area (TPSA) is 101 Å². The summed E-state index contributed by atoms with van der Waals surface area (Å²) in [6.45, 7) is 3.42. The molecule has 0 radical (unpaired) electrons. The molecule has 7 nitrogen and oxygen atoms in total. The molecule has 29 heavy (non-hydrogen) atoms. The number of carbonyl (C=O) groups excluding carboxylic acids is 1. The predicted molar refractivity (Wildman–Crippen MR) is 112 cm³/mol. The molecule has 0 aliphatic rings. The molecule has 0 saturated carbocycles. The highest BCUT2D eigenvalue weighted by Gasteiger charge is 2.19. The van der Waals surface area contributed by atoms with Gasteiger partial charge >= 0.3 is 0 Å². The Morgan fingerprint density at radius 2 is 1.86 bits per heavy atom. The summed E-state index contributed by atoms with van der Waals surface area (Å²) in [7, 11) is -3.84. The number of anilines is 2. The Hall–Kier alpha value is -3.10. The first kappa shape index (κ1) is 20.6. The average Bonchev–Trinajstić information content (AvgIpc) is 2.98. The van der Waals surface area contributed by atoms with Crippen LogP contribution >= 0.6 is 11.6 Å². The second kappa shape index (κ2) is 8.50. The van der Waals surface area contributed by atoms with E-state index in [-0.39, 0.29) is 16.7 Å². The second-order valence-corrected chi connectivity index (χ2v) is 8.35. The van der Waals surface area contributed by atoms with Crippen LogP contribution in [0, 0.1) is 13.8 Å². The molecular formula is C20H18ClN3O4S. The molecule has 3 aromatic rings. The van der Waals surface area contributed by atoms with Crippen molar-refractivity contribution in [1.29, 1.82) is 0 Å². The van der Waals surface area contributed by atoms with Crippen molar-refractivity contribution in [3.8, 4) is 0 Å². The van der Waals surface area contributed by atoms with Crippen LogP contribution in [0.15, 0.2) is 64.0 Å². The molecule has 0 aliphatic heterocycles. The fraction of sp³-hybridized carbons (Fsp3) is 0.100. The van der Waals surface area contributed by atoms with Gasteiger partial charge in [0.05, 0.1) is 10.6 Å². The van der Waals surface area contributed by atoms with E-state index in [2.05, 4.69) is 15.2 Å². The normalized spacial score (nSPS) is 11.6. The molecule has 0 saturated heterocycles. The third-order valence-corrected chi connectivity index (χ3v) is 5.67. The summed E-state index contributed by atoms with van der Waals surface area (Å²) >= 11 is 5.90. The van der Waals surface area contributed by atoms with E-state index in [1.165, 1.54) is 30.3 Å². The number of hydrogen-bond acceptors (Lipinski definition) is 5. The largest absolute Gasteiger partial charge is 0.337 e. The minimum absolute atomic E-state index is 0.0263. The Balaban J connectivity index is 1.66. The van der Waals surface area contributed by atoms with Gasteiger partial charge in [0.1, 0.15) is 0 Å². The number of nitrogens with one attached hydrogen (secondary N) is 2. The number of carbonyl (C=O) groups is 1. The van der Waals surface area contributed by atoms with Crippen LogP contribution in [0.1, 0.15) is 16.8 Å². The second-order valence-electron chi connectivity index (χ2n) is 6.23. The lowest BCUT2D eigenvalue weighted by molar-refractivity contribution is -0.111. The van der Waals surface area contributed by atoms with Crippen molar-refractivity contribution in [3.63, 3.8) is 0 Å². The smallest absolute Gasteiger partial charge is 0.264 e. The zero-order chi connectivity index (χ0) is 21.0. The Bertz CT molecular complexity index is 1170. The summed E-state index contributed by atoms with van der Waals surface area (Å²) < 4.78 is 32.3. The minimum Gasteiger partial charge on any atom is -0.337 e. The van der Waals surface area contributed by atoms with E-state index in [1.54, 1.807) is 38.1 Å². The number of rotatable bonds is 6. The molecule has 1 heterocycles. The highest BCUT2D eigenvalue weighted by molar-refractivity contribution is 7.92. The standard InChI is InChI=1S/C20H18ClN3O4S/c1-13-14(2)23-28-20(13)24-29(26,27)18-9-7-17(8-10-18)22-19(25)11-6-15-4-3-5-16(21)12-15/h3-12,24H,1-2H3,(H,22,25)/b11-6+. The summed E-state index contributed by atoms with van der Waals surface area (Å²) in [6.07, 6.45) is 3.00. The number of nitrogens with zero attached hydrogens (tertiary/aromatic N) is 1. The van der Waals surface area contributed by atoms with E-state index >= 15 is 0 Å². The molecule has 3 rings (SSSR count). The van der Waals surface area contributed by atoms with Crippen LogP contribution in [0.2, 0.25) is 5.02 Å². The van der Waals surface area contributed by atoms with Crippen LogP contribution in [-0.4, -0.2) is 19.5 Å². The molecule has 0 unspecified atom stereocenters. The SMILES string of the molecule is Cc1noc(NS(=O)(=O)c2ccc(NC(=O)/C=C/c3cccc(Cl)c3)cc2)c1C. The van der Waals surface area contributed by atoms with Gasteiger partial charge in [-0.15, -0.1) is 0 Å². The molecule has 9 heteroatoms. The fourth-order valence-electron chi connectivity index (χ4n) is 2.38. The van der Waals surface area contributed by atoms with E-state index in [0.717, 1.165) is 5.56 Å². The molecule has 1 amide bonds. The van der Waals surface area contributed by atoms with Gasteiger partial charge < -0.3 is 9.84 Å². The first-order valence-electron chi connectivity index (χ1n) is 8.55. The zero-order valence-corrected chi connectivity index (χ0v) is 17.2. The van der Waals surface area contributed by atoms with Gasteiger partial charge in [-0.05, 0) is 61.9 Å². The van der Waals surface area contributed by atoms with Gasteiger partial charge in [0.25, 0.3) is 10.0 Å². The Morgan fingerprint density at radius 1 is 1.14 bits per heavy atom. The maximum absolute atomic E-state index is 12.5. The fourth-order valence-corrected chi connectivity index (χ4v) is 3.62. The molecule has 0 aliphatic carbocycles. The van der Waals surface area contributed by atoms with Gasteiger partial charge in [-0.3, -0.25) is 4.79 Å². The summed E-state index contributed by atoms with van der Waals surface area (Å²) in [5, 5.41) is 6.96. The van der Waals surface area contributed by atoms with E-state index in [9.17, 15) is 13.2 Å². The first-order chi connectivity index (χ1) is 13.7. The van der Waals surface area contributed by atoms with Crippen molar-refractivity contribution in [3.05, 3.63) is 76.5 Å². The lowest BCUT2D eigenvalue weighted by atomic mass is 10.2. The van der Waals surface area contributed by atoms with Gasteiger partial charge in [-0.1, -0.05) is 28.9 Å². The molecule has 2 N–H and O–H groups in total. The Kier molecular flexibility index (Phi) is 6.05. The molecule has 150 valence electrons. The van der Waals surface area contributed by atoms with Crippen molar-refractivity contribution in [2.45, 2.75) is 18.7 Å². The van der Waals surface area contributed by atoms with Crippen LogP contribution in [0.4, 0.5) is 11.6 Å². The van der Waals surface area contributed by atoms with E-state index in [0.29, 0.717) is 22.0 Å². The summed E-state index contributed by atoms with van der Waals surface area (Å²) in [5.41, 5.74) is 2.46. The zero-order valence-electron chi connectivity index (χ0n) is 15.6. The summed E-state index contributed by atoms with van der Waals surface area (Å²) in [4.78, 5) is 12.1. The summed E-state index contributed by atoms with van der Waals surface area (Å²) in [5.74, 6) is -0.280. The number of halogens is 1. The van der Waals surface area contributed by atoms with Crippen molar-refractivity contribution >= 4 is 45.2 Å². The molecule has 1 aromatic heterocycles. The molecule has 0 atom stereocenters. The monoisotopic (exact) mass is 431 g/mol. The van der Waals surface area contributed by atoms with Crippen LogP contribution < -0.4 is 10.0 Å². The Morgan fingerprint density at radius 3 is 2.48 bits per heavy atom.